The Morgan fingerprint density at radius 1 is 1.18 bits per heavy atom. The van der Waals surface area contributed by atoms with Crippen LogP contribution in [-0.4, -0.2) is 36.2 Å². The van der Waals surface area contributed by atoms with Gasteiger partial charge in [-0.15, -0.1) is 0 Å². The smallest absolute Gasteiger partial charge is 0.319 e. The molecule has 148 valence electrons. The van der Waals surface area contributed by atoms with Gasteiger partial charge in [-0.2, -0.15) is 0 Å². The Morgan fingerprint density at radius 3 is 2.64 bits per heavy atom. The first-order valence-electron chi connectivity index (χ1n) is 9.48. The molecule has 1 aromatic carbocycles. The van der Waals surface area contributed by atoms with Crippen LogP contribution in [0.2, 0.25) is 0 Å². The van der Waals surface area contributed by atoms with Crippen molar-refractivity contribution in [1.82, 2.24) is 15.6 Å². The van der Waals surface area contributed by atoms with Gasteiger partial charge in [0.2, 0.25) is 0 Å². The van der Waals surface area contributed by atoms with Gasteiger partial charge in [-0.25, -0.2) is 4.79 Å². The van der Waals surface area contributed by atoms with Crippen molar-refractivity contribution in [3.8, 4) is 0 Å². The van der Waals surface area contributed by atoms with Crippen LogP contribution >= 0.6 is 0 Å². The predicted octanol–water partition coefficient (Wildman–Crippen LogP) is 2.93. The lowest BCUT2D eigenvalue weighted by molar-refractivity contribution is 0.0858. The molecule has 0 saturated carbocycles. The van der Waals surface area contributed by atoms with Crippen LogP contribution in [0.5, 0.6) is 0 Å². The molecule has 0 radical (unpaired) electrons. The number of amides is 3. The molecule has 7 heteroatoms. The molecule has 7 nitrogen and oxygen atoms in total. The standard InChI is InChI=1S/C21H26N4O3/c1-14-10-15(2)22-11-17(14)12-24-21(27)25-18-7-5-16(6-8-18)20(26)23-13-19-4-3-9-28-19/h5-8,10-11,19H,3-4,9,12-13H2,1-2H3,(H,23,26)(H2,24,25,27)/t19-/m1/s1. The van der Waals surface area contributed by atoms with Crippen molar-refractivity contribution in [2.24, 2.45) is 0 Å². The van der Waals surface area contributed by atoms with Crippen molar-refractivity contribution in [1.29, 1.82) is 0 Å². The number of anilines is 1. The second kappa shape index (κ2) is 9.32. The van der Waals surface area contributed by atoms with E-state index in [1.54, 1.807) is 30.5 Å². The Balaban J connectivity index is 1.46. The summed E-state index contributed by atoms with van der Waals surface area (Å²) in [6, 6.07) is 8.47. The van der Waals surface area contributed by atoms with E-state index in [4.69, 9.17) is 4.74 Å². The second-order valence-electron chi connectivity index (χ2n) is 6.98. The molecule has 1 fully saturated rings. The van der Waals surface area contributed by atoms with Gasteiger partial charge in [0.15, 0.2) is 0 Å². The number of ether oxygens (including phenoxy) is 1. The van der Waals surface area contributed by atoms with E-state index >= 15 is 0 Å². The molecule has 3 amide bonds. The minimum Gasteiger partial charge on any atom is -0.376 e. The van der Waals surface area contributed by atoms with Gasteiger partial charge in [0, 0.05) is 42.8 Å². The number of hydrogen-bond donors (Lipinski definition) is 3. The predicted molar refractivity (Wildman–Crippen MR) is 107 cm³/mol. The van der Waals surface area contributed by atoms with Crippen molar-refractivity contribution in [2.75, 3.05) is 18.5 Å². The molecular formula is C21H26N4O3. The van der Waals surface area contributed by atoms with Gasteiger partial charge in [-0.1, -0.05) is 0 Å². The third kappa shape index (κ3) is 5.53. The Hall–Kier alpha value is -2.93. The number of hydrogen-bond acceptors (Lipinski definition) is 4. The van der Waals surface area contributed by atoms with Crippen LogP contribution in [0.4, 0.5) is 10.5 Å². The average Bonchev–Trinajstić information content (AvgIpc) is 3.19. The van der Waals surface area contributed by atoms with Gasteiger partial charge in [0.25, 0.3) is 5.91 Å². The van der Waals surface area contributed by atoms with Crippen LogP contribution in [-0.2, 0) is 11.3 Å². The molecule has 0 spiro atoms. The van der Waals surface area contributed by atoms with Crippen LogP contribution in [0.15, 0.2) is 36.5 Å². The van der Waals surface area contributed by atoms with E-state index in [1.807, 2.05) is 19.9 Å². The fourth-order valence-corrected chi connectivity index (χ4v) is 3.08. The quantitative estimate of drug-likeness (QED) is 0.716. The molecule has 0 unspecified atom stereocenters. The minimum absolute atomic E-state index is 0.112. The van der Waals surface area contributed by atoms with E-state index in [0.29, 0.717) is 24.3 Å². The second-order valence-corrected chi connectivity index (χ2v) is 6.98. The number of pyridine rings is 1. The number of benzene rings is 1. The molecule has 1 saturated heterocycles. The highest BCUT2D eigenvalue weighted by atomic mass is 16.5. The number of urea groups is 1. The van der Waals surface area contributed by atoms with Gasteiger partial charge in [0.05, 0.1) is 6.10 Å². The minimum atomic E-state index is -0.310. The summed E-state index contributed by atoms with van der Waals surface area (Å²) in [4.78, 5) is 28.5. The molecule has 1 aromatic heterocycles. The number of aromatic nitrogens is 1. The Kier molecular flexibility index (Phi) is 6.60. The Morgan fingerprint density at radius 2 is 1.96 bits per heavy atom. The van der Waals surface area contributed by atoms with E-state index in [9.17, 15) is 9.59 Å². The fourth-order valence-electron chi connectivity index (χ4n) is 3.08. The zero-order valence-corrected chi connectivity index (χ0v) is 16.2. The SMILES string of the molecule is Cc1cc(C)c(CNC(=O)Nc2ccc(C(=O)NC[C@H]3CCCO3)cc2)cn1. The van der Waals surface area contributed by atoms with Gasteiger partial charge in [-0.05, 0) is 68.1 Å². The molecule has 1 aliphatic heterocycles. The number of rotatable bonds is 6. The number of aryl methyl sites for hydroxylation is 2. The van der Waals surface area contributed by atoms with Crippen LogP contribution in [0.1, 0.15) is 40.0 Å². The molecule has 2 heterocycles. The van der Waals surface area contributed by atoms with Gasteiger partial charge in [-0.3, -0.25) is 9.78 Å². The summed E-state index contributed by atoms with van der Waals surface area (Å²) in [7, 11) is 0. The number of carbonyl (C=O) groups is 2. The molecule has 3 rings (SSSR count). The summed E-state index contributed by atoms with van der Waals surface area (Å²) in [5, 5.41) is 8.46. The molecule has 1 atom stereocenters. The first-order chi connectivity index (χ1) is 13.5. The van der Waals surface area contributed by atoms with Gasteiger partial charge < -0.3 is 20.7 Å². The fraction of sp³-hybridized carbons (Fsp3) is 0.381. The summed E-state index contributed by atoms with van der Waals surface area (Å²) < 4.78 is 5.50. The van der Waals surface area contributed by atoms with Crippen molar-refractivity contribution in [3.05, 3.63) is 58.9 Å². The lowest BCUT2D eigenvalue weighted by Gasteiger charge is -2.12. The summed E-state index contributed by atoms with van der Waals surface area (Å²) in [6.07, 6.45) is 3.91. The van der Waals surface area contributed by atoms with Crippen LogP contribution in [0, 0.1) is 13.8 Å². The molecule has 0 aliphatic carbocycles. The van der Waals surface area contributed by atoms with E-state index in [-0.39, 0.29) is 18.0 Å². The Labute approximate surface area is 164 Å². The molecule has 3 N–H and O–H groups in total. The average molecular weight is 382 g/mol. The van der Waals surface area contributed by atoms with E-state index in [2.05, 4.69) is 20.9 Å². The van der Waals surface area contributed by atoms with E-state index < -0.39 is 0 Å². The normalized spacial score (nSPS) is 15.9. The maximum Gasteiger partial charge on any atom is 0.319 e. The lowest BCUT2D eigenvalue weighted by Crippen LogP contribution is -2.31. The number of nitrogens with one attached hydrogen (secondary N) is 3. The molecule has 28 heavy (non-hydrogen) atoms. The summed E-state index contributed by atoms with van der Waals surface area (Å²) in [5.41, 5.74) is 4.17. The largest absolute Gasteiger partial charge is 0.376 e. The van der Waals surface area contributed by atoms with Crippen molar-refractivity contribution >= 4 is 17.6 Å². The van der Waals surface area contributed by atoms with Gasteiger partial charge >= 0.3 is 6.03 Å². The lowest BCUT2D eigenvalue weighted by atomic mass is 10.1. The number of nitrogens with zero attached hydrogens (tertiary/aromatic N) is 1. The van der Waals surface area contributed by atoms with Crippen molar-refractivity contribution < 1.29 is 14.3 Å². The van der Waals surface area contributed by atoms with E-state index in [0.717, 1.165) is 36.3 Å². The summed E-state index contributed by atoms with van der Waals surface area (Å²) >= 11 is 0. The summed E-state index contributed by atoms with van der Waals surface area (Å²) in [6.45, 7) is 5.61. The Bertz CT molecular complexity index is 830. The number of carbonyl (C=O) groups excluding carboxylic acids is 2. The molecular weight excluding hydrogens is 356 g/mol. The van der Waals surface area contributed by atoms with Gasteiger partial charge in [0.1, 0.15) is 0 Å². The molecule has 0 bridgehead atoms. The van der Waals surface area contributed by atoms with Crippen molar-refractivity contribution in [3.63, 3.8) is 0 Å². The highest BCUT2D eigenvalue weighted by Gasteiger charge is 2.16. The summed E-state index contributed by atoms with van der Waals surface area (Å²) in [5.74, 6) is -0.145. The molecule has 2 aromatic rings. The highest BCUT2D eigenvalue weighted by molar-refractivity contribution is 5.95. The highest BCUT2D eigenvalue weighted by Crippen LogP contribution is 2.13. The monoisotopic (exact) mass is 382 g/mol. The van der Waals surface area contributed by atoms with E-state index in [1.165, 1.54) is 0 Å². The third-order valence-corrected chi connectivity index (χ3v) is 4.71. The van der Waals surface area contributed by atoms with Crippen LogP contribution in [0.3, 0.4) is 0 Å². The van der Waals surface area contributed by atoms with Crippen LogP contribution < -0.4 is 16.0 Å². The third-order valence-electron chi connectivity index (χ3n) is 4.71. The maximum atomic E-state index is 12.2. The first kappa shape index (κ1) is 19.8. The van der Waals surface area contributed by atoms with Crippen molar-refractivity contribution in [2.45, 2.75) is 39.3 Å². The topological polar surface area (TPSA) is 92.4 Å². The molecule has 1 aliphatic rings. The first-order valence-corrected chi connectivity index (χ1v) is 9.48. The maximum absolute atomic E-state index is 12.2. The zero-order chi connectivity index (χ0) is 19.9. The van der Waals surface area contributed by atoms with Crippen LogP contribution in [0.25, 0.3) is 0 Å². The zero-order valence-electron chi connectivity index (χ0n) is 16.2.